The van der Waals surface area contributed by atoms with E-state index in [2.05, 4.69) is 12.0 Å². The second-order valence-corrected chi connectivity index (χ2v) is 3.95. The van der Waals surface area contributed by atoms with Crippen molar-refractivity contribution < 1.29 is 4.39 Å². The van der Waals surface area contributed by atoms with Gasteiger partial charge in [-0.25, -0.2) is 4.39 Å². The third-order valence-electron chi connectivity index (χ3n) is 2.56. The van der Waals surface area contributed by atoms with Crippen molar-refractivity contribution >= 4 is 10.9 Å². The molecular formula is C12H15FN2. The van der Waals surface area contributed by atoms with E-state index in [4.69, 9.17) is 0 Å². The summed E-state index contributed by atoms with van der Waals surface area (Å²) in [7, 11) is 0. The average molecular weight is 206 g/mol. The highest BCUT2D eigenvalue weighted by Crippen LogP contribution is 2.23. The van der Waals surface area contributed by atoms with Crippen LogP contribution in [0.3, 0.4) is 0 Å². The molecule has 0 atom stereocenters. The fourth-order valence-electron chi connectivity index (χ4n) is 1.93. The summed E-state index contributed by atoms with van der Waals surface area (Å²) < 4.78 is 15.5. The Morgan fingerprint density at radius 1 is 1.33 bits per heavy atom. The molecule has 0 fully saturated rings. The smallest absolute Gasteiger partial charge is 0.149 e. The van der Waals surface area contributed by atoms with Crippen molar-refractivity contribution in [2.45, 2.75) is 33.7 Å². The van der Waals surface area contributed by atoms with Gasteiger partial charge in [0.25, 0.3) is 0 Å². The van der Waals surface area contributed by atoms with Gasteiger partial charge in [-0.15, -0.1) is 0 Å². The minimum Gasteiger partial charge on any atom is -0.262 e. The molecule has 1 aromatic heterocycles. The van der Waals surface area contributed by atoms with Gasteiger partial charge in [-0.05, 0) is 38.0 Å². The highest BCUT2D eigenvalue weighted by atomic mass is 19.1. The maximum atomic E-state index is 13.8. The Kier molecular flexibility index (Phi) is 2.47. The third-order valence-corrected chi connectivity index (χ3v) is 2.56. The first-order valence-electron chi connectivity index (χ1n) is 5.26. The summed E-state index contributed by atoms with van der Waals surface area (Å²) in [5.74, 6) is -0.168. The number of fused-ring (bicyclic) bond motifs is 1. The molecule has 0 saturated carbocycles. The van der Waals surface area contributed by atoms with Crippen LogP contribution >= 0.6 is 0 Å². The predicted octanol–water partition coefficient (Wildman–Crippen LogP) is 3.20. The van der Waals surface area contributed by atoms with Gasteiger partial charge in [0, 0.05) is 11.9 Å². The Bertz CT molecular complexity index is 500. The number of halogens is 1. The number of hydrogen-bond donors (Lipinski definition) is 0. The zero-order valence-corrected chi connectivity index (χ0v) is 9.34. The lowest BCUT2D eigenvalue weighted by molar-refractivity contribution is 0.584. The molecule has 0 bridgehead atoms. The first-order valence-corrected chi connectivity index (χ1v) is 5.26. The predicted molar refractivity (Wildman–Crippen MR) is 59.5 cm³/mol. The zero-order valence-electron chi connectivity index (χ0n) is 9.34. The van der Waals surface area contributed by atoms with Crippen LogP contribution in [0, 0.1) is 19.7 Å². The van der Waals surface area contributed by atoms with Crippen LogP contribution in [0.2, 0.25) is 0 Å². The second-order valence-electron chi connectivity index (χ2n) is 3.95. The van der Waals surface area contributed by atoms with Gasteiger partial charge in [0.05, 0.1) is 5.69 Å². The number of aromatic nitrogens is 2. The molecular weight excluding hydrogens is 191 g/mol. The molecule has 0 saturated heterocycles. The van der Waals surface area contributed by atoms with Crippen LogP contribution in [0.5, 0.6) is 0 Å². The van der Waals surface area contributed by atoms with E-state index < -0.39 is 0 Å². The third kappa shape index (κ3) is 1.62. The van der Waals surface area contributed by atoms with Crippen LogP contribution in [0.25, 0.3) is 10.9 Å². The molecule has 1 aromatic carbocycles. The Hall–Kier alpha value is -1.38. The van der Waals surface area contributed by atoms with E-state index in [-0.39, 0.29) is 5.82 Å². The monoisotopic (exact) mass is 206 g/mol. The summed E-state index contributed by atoms with van der Waals surface area (Å²) >= 11 is 0. The van der Waals surface area contributed by atoms with Crippen LogP contribution in [0.15, 0.2) is 12.1 Å². The molecule has 0 amide bonds. The minimum absolute atomic E-state index is 0.168. The molecule has 2 aromatic rings. The summed E-state index contributed by atoms with van der Waals surface area (Å²) in [6, 6.07) is 3.56. The Morgan fingerprint density at radius 2 is 2.07 bits per heavy atom. The molecule has 0 aliphatic rings. The molecule has 0 aliphatic carbocycles. The SMILES string of the molecule is CCCn1nc(C)c2cc(C)cc(F)c21. The lowest BCUT2D eigenvalue weighted by Crippen LogP contribution is -2.00. The zero-order chi connectivity index (χ0) is 11.0. The van der Waals surface area contributed by atoms with Gasteiger partial charge in [0.2, 0.25) is 0 Å². The van der Waals surface area contributed by atoms with E-state index in [0.29, 0.717) is 5.52 Å². The number of rotatable bonds is 2. The Morgan fingerprint density at radius 3 is 2.73 bits per heavy atom. The molecule has 3 heteroatoms. The van der Waals surface area contributed by atoms with E-state index in [1.807, 2.05) is 19.9 Å². The molecule has 2 nitrogen and oxygen atoms in total. The van der Waals surface area contributed by atoms with Crippen molar-refractivity contribution in [1.82, 2.24) is 9.78 Å². The van der Waals surface area contributed by atoms with Gasteiger partial charge in [-0.1, -0.05) is 6.92 Å². The first kappa shape index (κ1) is 10.1. The van der Waals surface area contributed by atoms with Crippen molar-refractivity contribution in [2.24, 2.45) is 0 Å². The second kappa shape index (κ2) is 3.65. The first-order chi connectivity index (χ1) is 7.13. The number of aryl methyl sites for hydroxylation is 3. The van der Waals surface area contributed by atoms with Gasteiger partial charge in [-0.3, -0.25) is 4.68 Å². The topological polar surface area (TPSA) is 17.8 Å². The highest BCUT2D eigenvalue weighted by molar-refractivity contribution is 5.83. The normalized spacial score (nSPS) is 11.2. The quantitative estimate of drug-likeness (QED) is 0.737. The van der Waals surface area contributed by atoms with E-state index in [1.165, 1.54) is 0 Å². The van der Waals surface area contributed by atoms with Crippen LogP contribution in [-0.4, -0.2) is 9.78 Å². The van der Waals surface area contributed by atoms with E-state index >= 15 is 0 Å². The summed E-state index contributed by atoms with van der Waals surface area (Å²) in [6.45, 7) is 6.66. The van der Waals surface area contributed by atoms with Crippen molar-refractivity contribution in [3.05, 3.63) is 29.2 Å². The molecule has 0 spiro atoms. The maximum Gasteiger partial charge on any atom is 0.149 e. The maximum absolute atomic E-state index is 13.8. The van der Waals surface area contributed by atoms with Crippen LogP contribution < -0.4 is 0 Å². The Balaban J connectivity index is 2.75. The van der Waals surface area contributed by atoms with Crippen molar-refractivity contribution in [3.63, 3.8) is 0 Å². The molecule has 0 aliphatic heterocycles. The highest BCUT2D eigenvalue weighted by Gasteiger charge is 2.11. The summed E-state index contributed by atoms with van der Waals surface area (Å²) in [6.07, 6.45) is 0.962. The molecule has 0 unspecified atom stereocenters. The lowest BCUT2D eigenvalue weighted by atomic mass is 10.1. The minimum atomic E-state index is -0.168. The van der Waals surface area contributed by atoms with E-state index in [9.17, 15) is 4.39 Å². The standard InChI is InChI=1S/C12H15FN2/c1-4-5-15-12-10(9(3)14-15)6-8(2)7-11(12)13/h6-7H,4-5H2,1-3H3. The van der Waals surface area contributed by atoms with Gasteiger partial charge >= 0.3 is 0 Å². The largest absolute Gasteiger partial charge is 0.262 e. The van der Waals surface area contributed by atoms with Crippen LogP contribution in [0.4, 0.5) is 4.39 Å². The molecule has 15 heavy (non-hydrogen) atoms. The van der Waals surface area contributed by atoms with Crippen molar-refractivity contribution in [2.75, 3.05) is 0 Å². The average Bonchev–Trinajstić information content (AvgIpc) is 2.44. The molecule has 2 rings (SSSR count). The molecule has 80 valence electrons. The number of hydrogen-bond acceptors (Lipinski definition) is 1. The van der Waals surface area contributed by atoms with Gasteiger partial charge < -0.3 is 0 Å². The fraction of sp³-hybridized carbons (Fsp3) is 0.417. The van der Waals surface area contributed by atoms with Gasteiger partial charge in [0.15, 0.2) is 0 Å². The summed E-state index contributed by atoms with van der Waals surface area (Å²) in [5.41, 5.74) is 2.49. The summed E-state index contributed by atoms with van der Waals surface area (Å²) in [4.78, 5) is 0. The summed E-state index contributed by atoms with van der Waals surface area (Å²) in [5, 5.41) is 5.29. The van der Waals surface area contributed by atoms with Gasteiger partial charge in [-0.2, -0.15) is 5.10 Å². The van der Waals surface area contributed by atoms with Crippen LogP contribution in [-0.2, 0) is 6.54 Å². The Labute approximate surface area is 88.7 Å². The van der Waals surface area contributed by atoms with Gasteiger partial charge in [0.1, 0.15) is 11.3 Å². The van der Waals surface area contributed by atoms with Crippen LogP contribution in [0.1, 0.15) is 24.6 Å². The molecule has 0 N–H and O–H groups in total. The molecule has 1 heterocycles. The van der Waals surface area contributed by atoms with E-state index in [0.717, 1.165) is 29.6 Å². The number of benzene rings is 1. The molecule has 0 radical (unpaired) electrons. The number of nitrogens with zero attached hydrogens (tertiary/aromatic N) is 2. The lowest BCUT2D eigenvalue weighted by Gasteiger charge is -2.02. The fourth-order valence-corrected chi connectivity index (χ4v) is 1.93. The van der Waals surface area contributed by atoms with Crippen molar-refractivity contribution in [1.29, 1.82) is 0 Å². The van der Waals surface area contributed by atoms with E-state index in [1.54, 1.807) is 10.7 Å². The van der Waals surface area contributed by atoms with Crippen molar-refractivity contribution in [3.8, 4) is 0 Å².